The number of thiophene rings is 2. The van der Waals surface area contributed by atoms with Gasteiger partial charge in [-0.1, -0.05) is 16.8 Å². The van der Waals surface area contributed by atoms with Gasteiger partial charge in [-0.05, 0) is 23.6 Å². The van der Waals surface area contributed by atoms with Crippen LogP contribution in [0, 0.1) is 0 Å². The van der Waals surface area contributed by atoms with Crippen molar-refractivity contribution in [2.24, 2.45) is 0 Å². The van der Waals surface area contributed by atoms with Crippen LogP contribution in [0.1, 0.15) is 0 Å². The maximum Gasteiger partial charge on any atom is 0.270 e. The zero-order valence-electron chi connectivity index (χ0n) is 10.4. The highest BCUT2D eigenvalue weighted by Gasteiger charge is 2.16. The Morgan fingerprint density at radius 3 is 3.00 bits per heavy atom. The average Bonchev–Trinajstić information content (AvgIpc) is 3.17. The summed E-state index contributed by atoms with van der Waals surface area (Å²) < 4.78 is 6.95. The molecule has 0 aliphatic rings. The van der Waals surface area contributed by atoms with Gasteiger partial charge in [0, 0.05) is 11.8 Å². The van der Waals surface area contributed by atoms with Gasteiger partial charge in [0.05, 0.1) is 20.2 Å². The molecule has 4 heterocycles. The van der Waals surface area contributed by atoms with Gasteiger partial charge in [-0.15, -0.1) is 22.7 Å². The lowest BCUT2D eigenvalue weighted by molar-refractivity contribution is 0.433. The highest BCUT2D eigenvalue weighted by atomic mass is 35.5. The minimum atomic E-state index is 0.366. The zero-order valence-corrected chi connectivity index (χ0v) is 12.8. The number of anilines is 1. The van der Waals surface area contributed by atoms with Gasteiger partial charge in [-0.2, -0.15) is 4.98 Å². The highest BCUT2D eigenvalue weighted by Crippen LogP contribution is 2.37. The maximum atomic E-state index is 5.93. The Bertz CT molecular complexity index is 943. The molecule has 4 rings (SSSR count). The first-order valence-corrected chi connectivity index (χ1v) is 8.00. The van der Waals surface area contributed by atoms with Crippen LogP contribution >= 0.6 is 34.3 Å². The number of halogens is 1. The Balaban J connectivity index is 1.78. The van der Waals surface area contributed by atoms with E-state index in [1.807, 2.05) is 17.5 Å². The van der Waals surface area contributed by atoms with Gasteiger partial charge in [0.2, 0.25) is 5.82 Å². The van der Waals surface area contributed by atoms with E-state index in [0.717, 1.165) is 15.8 Å². The molecule has 0 unspecified atom stereocenters. The van der Waals surface area contributed by atoms with Gasteiger partial charge in [-0.25, -0.2) is 0 Å². The number of nitrogens with two attached hydrogens (primary N) is 1. The van der Waals surface area contributed by atoms with Gasteiger partial charge in [0.15, 0.2) is 0 Å². The lowest BCUT2D eigenvalue weighted by atomic mass is 10.2. The van der Waals surface area contributed by atoms with Crippen molar-refractivity contribution in [3.63, 3.8) is 0 Å². The Morgan fingerprint density at radius 2 is 2.19 bits per heavy atom. The molecule has 5 nitrogen and oxygen atoms in total. The molecule has 21 heavy (non-hydrogen) atoms. The molecule has 0 aliphatic carbocycles. The first-order valence-electron chi connectivity index (χ1n) is 5.93. The molecular weight excluding hydrogens is 328 g/mol. The first-order chi connectivity index (χ1) is 10.2. The third-order valence-electron chi connectivity index (χ3n) is 2.91. The molecule has 0 aliphatic heterocycles. The summed E-state index contributed by atoms with van der Waals surface area (Å²) in [7, 11) is 0. The van der Waals surface area contributed by atoms with Gasteiger partial charge in [0.25, 0.3) is 5.89 Å². The Kier molecular flexibility index (Phi) is 2.91. The van der Waals surface area contributed by atoms with Gasteiger partial charge >= 0.3 is 0 Å². The second-order valence-electron chi connectivity index (χ2n) is 4.29. The van der Waals surface area contributed by atoms with Crippen molar-refractivity contribution in [3.05, 3.63) is 34.1 Å². The molecule has 2 N–H and O–H groups in total. The largest absolute Gasteiger partial charge is 0.397 e. The summed E-state index contributed by atoms with van der Waals surface area (Å²) in [5.41, 5.74) is 8.17. The normalized spacial score (nSPS) is 11.3. The second-order valence-corrected chi connectivity index (χ2v) is 6.92. The number of hydrogen-bond donors (Lipinski definition) is 1. The molecule has 0 saturated carbocycles. The third-order valence-corrected chi connectivity index (χ3v) is 5.03. The molecule has 104 valence electrons. The minimum absolute atomic E-state index is 0.366. The van der Waals surface area contributed by atoms with Gasteiger partial charge < -0.3 is 10.3 Å². The van der Waals surface area contributed by atoms with Crippen molar-refractivity contribution < 1.29 is 4.52 Å². The Labute approximate surface area is 132 Å². The quantitative estimate of drug-likeness (QED) is 0.591. The van der Waals surface area contributed by atoms with Crippen molar-refractivity contribution in [1.29, 1.82) is 0 Å². The van der Waals surface area contributed by atoms with Crippen LogP contribution in [0.5, 0.6) is 0 Å². The highest BCUT2D eigenvalue weighted by molar-refractivity contribution is 7.20. The number of hydrogen-bond acceptors (Lipinski definition) is 7. The van der Waals surface area contributed by atoms with Gasteiger partial charge in [0.1, 0.15) is 4.88 Å². The predicted molar refractivity (Wildman–Crippen MR) is 85.6 cm³/mol. The average molecular weight is 335 g/mol. The molecule has 8 heteroatoms. The van der Waals surface area contributed by atoms with Crippen LogP contribution in [-0.2, 0) is 0 Å². The third kappa shape index (κ3) is 2.19. The van der Waals surface area contributed by atoms with E-state index in [-0.39, 0.29) is 0 Å². The van der Waals surface area contributed by atoms with Crippen molar-refractivity contribution in [2.45, 2.75) is 0 Å². The molecule has 0 fully saturated rings. The fourth-order valence-corrected chi connectivity index (χ4v) is 3.80. The fourth-order valence-electron chi connectivity index (χ4n) is 1.94. The summed E-state index contributed by atoms with van der Waals surface area (Å²) in [6.07, 6.45) is 1.73. The summed E-state index contributed by atoms with van der Waals surface area (Å²) in [6, 6.07) is 5.64. The first kappa shape index (κ1) is 12.8. The van der Waals surface area contributed by atoms with Crippen LogP contribution in [-0.4, -0.2) is 15.1 Å². The van der Waals surface area contributed by atoms with E-state index in [0.29, 0.717) is 26.6 Å². The summed E-state index contributed by atoms with van der Waals surface area (Å²) in [6.45, 7) is 0. The van der Waals surface area contributed by atoms with Crippen molar-refractivity contribution in [2.75, 3.05) is 5.73 Å². The molecule has 0 atom stereocenters. The summed E-state index contributed by atoms with van der Waals surface area (Å²) >= 11 is 8.86. The number of fused-ring (bicyclic) bond motifs is 1. The predicted octanol–water partition coefficient (Wildman–Crippen LogP) is 4.31. The Morgan fingerprint density at radius 1 is 1.29 bits per heavy atom. The van der Waals surface area contributed by atoms with E-state index < -0.39 is 0 Å². The summed E-state index contributed by atoms with van der Waals surface area (Å²) in [4.78, 5) is 9.43. The van der Waals surface area contributed by atoms with E-state index in [1.54, 1.807) is 23.6 Å². The van der Waals surface area contributed by atoms with Crippen LogP contribution in [0.2, 0.25) is 4.34 Å². The number of nitrogen functional groups attached to an aromatic ring is 1. The maximum absolute atomic E-state index is 5.93. The number of pyridine rings is 1. The monoisotopic (exact) mass is 334 g/mol. The topological polar surface area (TPSA) is 77.8 Å². The summed E-state index contributed by atoms with van der Waals surface area (Å²) in [5.74, 6) is 0.849. The SMILES string of the molecule is Nc1cc(Cl)sc1-c1nc(-c2cnc3ccsc3c2)no1. The molecule has 0 saturated heterocycles. The van der Waals surface area contributed by atoms with E-state index in [4.69, 9.17) is 21.9 Å². The summed E-state index contributed by atoms with van der Waals surface area (Å²) in [5, 5.41) is 5.99. The smallest absolute Gasteiger partial charge is 0.270 e. The molecule has 0 spiro atoms. The van der Waals surface area contributed by atoms with Crippen molar-refractivity contribution in [1.82, 2.24) is 15.1 Å². The van der Waals surface area contributed by atoms with Crippen LogP contribution < -0.4 is 5.73 Å². The number of rotatable bonds is 2. The Hall–Kier alpha value is -1.96. The molecule has 0 radical (unpaired) electrons. The molecule has 4 aromatic heterocycles. The van der Waals surface area contributed by atoms with Crippen molar-refractivity contribution in [3.8, 4) is 22.2 Å². The molecule has 0 amide bonds. The lowest BCUT2D eigenvalue weighted by Crippen LogP contribution is -1.85. The van der Waals surface area contributed by atoms with E-state index >= 15 is 0 Å². The second kappa shape index (κ2) is 4.80. The lowest BCUT2D eigenvalue weighted by Gasteiger charge is -1.93. The molecule has 0 bridgehead atoms. The molecular formula is C13H7ClN4OS2. The van der Waals surface area contributed by atoms with Crippen LogP contribution in [0.4, 0.5) is 5.69 Å². The number of aromatic nitrogens is 3. The van der Waals surface area contributed by atoms with E-state index in [2.05, 4.69) is 15.1 Å². The van der Waals surface area contributed by atoms with Gasteiger partial charge in [-0.3, -0.25) is 4.98 Å². The minimum Gasteiger partial charge on any atom is -0.397 e. The van der Waals surface area contributed by atoms with E-state index in [9.17, 15) is 0 Å². The fraction of sp³-hybridized carbons (Fsp3) is 0. The molecule has 4 aromatic rings. The van der Waals surface area contributed by atoms with E-state index in [1.165, 1.54) is 11.3 Å². The molecule has 0 aromatic carbocycles. The standard InChI is InChI=1S/C13H7ClN4OS2/c14-10-4-7(15)11(21-10)13-17-12(18-19-13)6-3-9-8(16-5-6)1-2-20-9/h1-5H,15H2. The zero-order chi connectivity index (χ0) is 14.4. The van der Waals surface area contributed by atoms with Crippen LogP contribution in [0.15, 0.2) is 34.3 Å². The van der Waals surface area contributed by atoms with Crippen LogP contribution in [0.3, 0.4) is 0 Å². The number of nitrogens with zero attached hydrogens (tertiary/aromatic N) is 3. The van der Waals surface area contributed by atoms with Crippen LogP contribution in [0.25, 0.3) is 32.4 Å². The van der Waals surface area contributed by atoms with Crippen molar-refractivity contribution >= 4 is 50.2 Å².